The molecule has 4 heteroatoms. The van der Waals surface area contributed by atoms with Crippen molar-refractivity contribution in [3.05, 3.63) is 29.3 Å². The van der Waals surface area contributed by atoms with Crippen LogP contribution in [0.1, 0.15) is 29.8 Å². The molecule has 0 N–H and O–H groups in total. The Kier molecular flexibility index (Phi) is 6.22. The van der Waals surface area contributed by atoms with Crippen LogP contribution in [-0.2, 0) is 0 Å². The summed E-state index contributed by atoms with van der Waals surface area (Å²) in [5, 5.41) is -0.257. The monoisotopic (exact) mass is 267 g/mol. The zero-order chi connectivity index (χ0) is 13.5. The van der Waals surface area contributed by atoms with Gasteiger partial charge in [-0.25, -0.2) is 0 Å². The molecule has 18 heavy (non-hydrogen) atoms. The molecule has 100 valence electrons. The Hall–Kier alpha value is -1.000. The van der Waals surface area contributed by atoms with E-state index in [0.717, 1.165) is 25.2 Å². The highest BCUT2D eigenvalue weighted by Gasteiger charge is 2.09. The SMILES string of the molecule is CCN(CC)CCOc1cc(C)ccc1C(=O)S. The summed E-state index contributed by atoms with van der Waals surface area (Å²) >= 11 is 3.86. The second kappa shape index (κ2) is 7.44. The van der Waals surface area contributed by atoms with E-state index in [-0.39, 0.29) is 5.12 Å². The van der Waals surface area contributed by atoms with E-state index in [4.69, 9.17) is 4.74 Å². The first-order valence-electron chi connectivity index (χ1n) is 6.27. The number of rotatable bonds is 7. The molecular formula is C14H21NO2S. The van der Waals surface area contributed by atoms with Gasteiger partial charge in [0, 0.05) is 6.54 Å². The molecule has 0 aromatic heterocycles. The van der Waals surface area contributed by atoms with E-state index < -0.39 is 0 Å². The van der Waals surface area contributed by atoms with Crippen LogP contribution >= 0.6 is 12.6 Å². The Morgan fingerprint density at radius 2 is 2.00 bits per heavy atom. The van der Waals surface area contributed by atoms with Crippen molar-refractivity contribution in [1.82, 2.24) is 4.90 Å². The quantitative estimate of drug-likeness (QED) is 0.770. The molecule has 0 bridgehead atoms. The first-order chi connectivity index (χ1) is 8.58. The van der Waals surface area contributed by atoms with E-state index in [2.05, 4.69) is 31.4 Å². The van der Waals surface area contributed by atoms with Crippen LogP contribution in [-0.4, -0.2) is 36.3 Å². The second-order valence-corrected chi connectivity index (χ2v) is 4.59. The van der Waals surface area contributed by atoms with Crippen molar-refractivity contribution < 1.29 is 9.53 Å². The molecule has 1 rings (SSSR count). The Morgan fingerprint density at radius 3 is 2.56 bits per heavy atom. The van der Waals surface area contributed by atoms with Crippen LogP contribution in [0.2, 0.25) is 0 Å². The lowest BCUT2D eigenvalue weighted by Crippen LogP contribution is -2.28. The van der Waals surface area contributed by atoms with Gasteiger partial charge in [0.2, 0.25) is 5.12 Å². The molecular weight excluding hydrogens is 246 g/mol. The first kappa shape index (κ1) is 15.1. The molecule has 3 nitrogen and oxygen atoms in total. The highest BCUT2D eigenvalue weighted by atomic mass is 32.1. The molecule has 0 heterocycles. The molecule has 0 atom stereocenters. The van der Waals surface area contributed by atoms with Crippen molar-refractivity contribution in [2.45, 2.75) is 20.8 Å². The maximum Gasteiger partial charge on any atom is 0.220 e. The van der Waals surface area contributed by atoms with Crippen molar-refractivity contribution in [2.24, 2.45) is 0 Å². The van der Waals surface area contributed by atoms with Crippen LogP contribution in [0.25, 0.3) is 0 Å². The minimum atomic E-state index is -0.257. The molecule has 1 aromatic carbocycles. The molecule has 0 amide bonds. The van der Waals surface area contributed by atoms with Gasteiger partial charge in [0.15, 0.2) is 0 Å². The van der Waals surface area contributed by atoms with Crippen molar-refractivity contribution in [3.8, 4) is 5.75 Å². The lowest BCUT2D eigenvalue weighted by molar-refractivity contribution is 0.108. The van der Waals surface area contributed by atoms with Crippen LogP contribution in [0.4, 0.5) is 0 Å². The number of hydrogen-bond acceptors (Lipinski definition) is 3. The van der Waals surface area contributed by atoms with Crippen LogP contribution < -0.4 is 4.74 Å². The predicted molar refractivity (Wildman–Crippen MR) is 77.8 cm³/mol. The van der Waals surface area contributed by atoms with Gasteiger partial charge in [-0.15, -0.1) is 12.6 Å². The third-order valence-corrected chi connectivity index (χ3v) is 3.17. The Balaban J connectivity index is 2.66. The summed E-state index contributed by atoms with van der Waals surface area (Å²) in [6.07, 6.45) is 0. The van der Waals surface area contributed by atoms with Gasteiger partial charge in [0.05, 0.1) is 5.56 Å². The normalized spacial score (nSPS) is 10.7. The molecule has 0 aliphatic heterocycles. The van der Waals surface area contributed by atoms with Crippen LogP contribution in [0.5, 0.6) is 5.75 Å². The van der Waals surface area contributed by atoms with Gasteiger partial charge in [-0.2, -0.15) is 0 Å². The summed E-state index contributed by atoms with van der Waals surface area (Å²) in [6, 6.07) is 5.53. The minimum absolute atomic E-state index is 0.257. The molecule has 0 aliphatic carbocycles. The number of likely N-dealkylation sites (N-methyl/N-ethyl adjacent to an activating group) is 1. The van der Waals surface area contributed by atoms with Crippen molar-refractivity contribution in [3.63, 3.8) is 0 Å². The van der Waals surface area contributed by atoms with E-state index in [0.29, 0.717) is 17.9 Å². The summed E-state index contributed by atoms with van der Waals surface area (Å²) in [5.74, 6) is 0.627. The van der Waals surface area contributed by atoms with Gasteiger partial charge in [-0.05, 0) is 37.7 Å². The van der Waals surface area contributed by atoms with Gasteiger partial charge >= 0.3 is 0 Å². The van der Waals surface area contributed by atoms with Crippen LogP contribution in [0.3, 0.4) is 0 Å². The average Bonchev–Trinajstić information content (AvgIpc) is 2.34. The van der Waals surface area contributed by atoms with Gasteiger partial charge in [0.1, 0.15) is 12.4 Å². The van der Waals surface area contributed by atoms with Gasteiger partial charge in [0.25, 0.3) is 0 Å². The topological polar surface area (TPSA) is 29.5 Å². The van der Waals surface area contributed by atoms with E-state index >= 15 is 0 Å². The molecule has 0 aliphatic rings. The number of aryl methyl sites for hydroxylation is 1. The summed E-state index contributed by atoms with van der Waals surface area (Å²) in [7, 11) is 0. The Morgan fingerprint density at radius 1 is 1.33 bits per heavy atom. The lowest BCUT2D eigenvalue weighted by Gasteiger charge is -2.18. The van der Waals surface area contributed by atoms with E-state index in [9.17, 15) is 4.79 Å². The molecule has 0 spiro atoms. The van der Waals surface area contributed by atoms with Crippen LogP contribution in [0, 0.1) is 6.92 Å². The number of carbonyl (C=O) groups is 1. The number of carbonyl (C=O) groups excluding carboxylic acids is 1. The zero-order valence-electron chi connectivity index (χ0n) is 11.3. The van der Waals surface area contributed by atoms with Gasteiger partial charge < -0.3 is 9.64 Å². The molecule has 0 fully saturated rings. The average molecular weight is 267 g/mol. The molecule has 0 radical (unpaired) electrons. The van der Waals surface area contributed by atoms with E-state index in [1.54, 1.807) is 6.07 Å². The first-order valence-corrected chi connectivity index (χ1v) is 6.72. The maximum atomic E-state index is 11.4. The summed E-state index contributed by atoms with van der Waals surface area (Å²) in [4.78, 5) is 13.6. The van der Waals surface area contributed by atoms with E-state index in [1.807, 2.05) is 19.1 Å². The highest BCUT2D eigenvalue weighted by molar-refractivity contribution is 7.97. The fourth-order valence-corrected chi connectivity index (χ4v) is 1.93. The maximum absolute atomic E-state index is 11.4. The summed E-state index contributed by atoms with van der Waals surface area (Å²) < 4.78 is 5.70. The van der Waals surface area contributed by atoms with E-state index in [1.165, 1.54) is 0 Å². The number of benzene rings is 1. The smallest absolute Gasteiger partial charge is 0.220 e. The Bertz CT molecular complexity index is 403. The van der Waals surface area contributed by atoms with Crippen molar-refractivity contribution in [2.75, 3.05) is 26.2 Å². The third kappa shape index (κ3) is 4.35. The predicted octanol–water partition coefficient (Wildman–Crippen LogP) is 2.79. The zero-order valence-corrected chi connectivity index (χ0v) is 12.2. The fourth-order valence-electron chi connectivity index (χ4n) is 1.75. The third-order valence-electron chi connectivity index (χ3n) is 2.93. The number of hydrogen-bond donors (Lipinski definition) is 1. The number of nitrogens with zero attached hydrogens (tertiary/aromatic N) is 1. The largest absolute Gasteiger partial charge is 0.491 e. The Labute approximate surface area is 115 Å². The van der Waals surface area contributed by atoms with Crippen LogP contribution in [0.15, 0.2) is 18.2 Å². The van der Waals surface area contributed by atoms with Crippen molar-refractivity contribution >= 4 is 17.7 Å². The highest BCUT2D eigenvalue weighted by Crippen LogP contribution is 2.21. The number of thiol groups is 1. The minimum Gasteiger partial charge on any atom is -0.491 e. The number of ether oxygens (including phenoxy) is 1. The molecule has 0 saturated carbocycles. The fraction of sp³-hybridized carbons (Fsp3) is 0.500. The molecule has 1 aromatic rings. The van der Waals surface area contributed by atoms with Gasteiger partial charge in [-0.3, -0.25) is 4.79 Å². The standard InChI is InChI=1S/C14H21NO2S/c1-4-15(5-2)8-9-17-13-10-11(3)6-7-12(13)14(16)18/h6-7,10H,4-5,8-9H2,1-3H3,(H,16,18). The summed E-state index contributed by atoms with van der Waals surface area (Å²) in [6.45, 7) is 9.68. The van der Waals surface area contributed by atoms with Crippen molar-refractivity contribution in [1.29, 1.82) is 0 Å². The molecule has 0 saturated heterocycles. The lowest BCUT2D eigenvalue weighted by atomic mass is 10.1. The second-order valence-electron chi connectivity index (χ2n) is 4.18. The van der Waals surface area contributed by atoms with Gasteiger partial charge in [-0.1, -0.05) is 19.9 Å². The summed E-state index contributed by atoms with van der Waals surface area (Å²) in [5.41, 5.74) is 1.61. The molecule has 0 unspecified atom stereocenters.